The van der Waals surface area contributed by atoms with Crippen LogP contribution in [-0.4, -0.2) is 41.7 Å². The molecular weight excluding hydrogens is 468 g/mol. The lowest BCUT2D eigenvalue weighted by Crippen LogP contribution is -2.41. The largest absolute Gasteiger partial charge is 0.454 e. The number of hydrogen-bond acceptors (Lipinski definition) is 5. The molecule has 1 saturated heterocycles. The van der Waals surface area contributed by atoms with Gasteiger partial charge in [-0.25, -0.2) is 0 Å². The Balaban J connectivity index is 1.17. The first-order valence-corrected chi connectivity index (χ1v) is 12.4. The van der Waals surface area contributed by atoms with Crippen LogP contribution in [0.1, 0.15) is 45.2 Å². The number of hydrogen-bond donors (Lipinski definition) is 1. The van der Waals surface area contributed by atoms with Crippen LogP contribution in [-0.2, 0) is 23.9 Å². The molecule has 1 fully saturated rings. The summed E-state index contributed by atoms with van der Waals surface area (Å²) in [7, 11) is 0. The summed E-state index contributed by atoms with van der Waals surface area (Å²) >= 11 is 0. The lowest BCUT2D eigenvalue weighted by Gasteiger charge is -2.45. The molecule has 186 valence electrons. The number of nitrogens with zero attached hydrogens (tertiary/aromatic N) is 1. The van der Waals surface area contributed by atoms with Gasteiger partial charge in [-0.3, -0.25) is 24.1 Å². The molecule has 0 spiro atoms. The molecule has 7 nitrogen and oxygen atoms in total. The molecule has 0 aromatic heterocycles. The number of imide groups is 1. The van der Waals surface area contributed by atoms with Gasteiger partial charge in [0.2, 0.25) is 11.8 Å². The molecule has 3 aromatic carbocycles. The van der Waals surface area contributed by atoms with Gasteiger partial charge in [-0.15, -0.1) is 0 Å². The molecule has 2 bridgehead atoms. The number of benzene rings is 3. The van der Waals surface area contributed by atoms with Crippen LogP contribution in [0.4, 0.5) is 5.69 Å². The lowest BCUT2D eigenvalue weighted by molar-refractivity contribution is -0.154. The topological polar surface area (TPSA) is 92.8 Å². The summed E-state index contributed by atoms with van der Waals surface area (Å²) in [6.07, 6.45) is 0. The summed E-state index contributed by atoms with van der Waals surface area (Å²) in [6, 6.07) is 21.4. The van der Waals surface area contributed by atoms with Crippen LogP contribution in [0.3, 0.4) is 0 Å². The van der Waals surface area contributed by atoms with Crippen LogP contribution < -0.4 is 5.32 Å². The molecule has 1 heterocycles. The third-order valence-electron chi connectivity index (χ3n) is 7.98. The van der Waals surface area contributed by atoms with Crippen molar-refractivity contribution in [2.24, 2.45) is 11.8 Å². The number of aryl methyl sites for hydroxylation is 2. The average molecular weight is 495 g/mol. The second kappa shape index (κ2) is 8.69. The number of anilines is 1. The highest BCUT2D eigenvalue weighted by molar-refractivity contribution is 6.09. The number of rotatable bonds is 5. The third-order valence-corrected chi connectivity index (χ3v) is 7.98. The Kier molecular flexibility index (Phi) is 5.44. The summed E-state index contributed by atoms with van der Waals surface area (Å²) in [5, 5.41) is 2.69. The van der Waals surface area contributed by atoms with Crippen molar-refractivity contribution in [2.45, 2.75) is 25.7 Å². The molecule has 0 unspecified atom stereocenters. The monoisotopic (exact) mass is 494 g/mol. The maximum absolute atomic E-state index is 13.6. The summed E-state index contributed by atoms with van der Waals surface area (Å²) < 4.78 is 5.14. The molecule has 7 heteroatoms. The minimum atomic E-state index is -0.794. The number of esters is 1. The average Bonchev–Trinajstić information content (AvgIpc) is 3.15. The number of likely N-dealkylation sites (tertiary alicyclic amines) is 1. The van der Waals surface area contributed by atoms with E-state index < -0.39 is 36.9 Å². The first-order valence-electron chi connectivity index (χ1n) is 12.4. The highest BCUT2D eigenvalue weighted by Gasteiger charge is 2.61. The summed E-state index contributed by atoms with van der Waals surface area (Å²) in [4.78, 5) is 53.0. The second-order valence-corrected chi connectivity index (χ2v) is 10.0. The fourth-order valence-electron chi connectivity index (χ4n) is 6.23. The van der Waals surface area contributed by atoms with Crippen molar-refractivity contribution in [3.63, 3.8) is 0 Å². The van der Waals surface area contributed by atoms with Crippen LogP contribution in [0, 0.1) is 25.7 Å². The maximum atomic E-state index is 13.6. The molecule has 3 amide bonds. The van der Waals surface area contributed by atoms with E-state index in [1.165, 1.54) is 0 Å². The predicted octanol–water partition coefficient (Wildman–Crippen LogP) is 3.68. The van der Waals surface area contributed by atoms with Crippen LogP contribution in [0.5, 0.6) is 0 Å². The smallest absolute Gasteiger partial charge is 0.326 e. The summed E-state index contributed by atoms with van der Waals surface area (Å²) in [5.41, 5.74) is 7.02. The SMILES string of the molecule is Cc1ccc(NC(=O)COC(=O)CN2C(=O)[C@H]3C4c5ccccc5C(c5ccccc54)[C@@H]3C2=O)cc1C. The zero-order chi connectivity index (χ0) is 25.8. The Hall–Kier alpha value is -4.26. The van der Waals surface area contributed by atoms with Gasteiger partial charge in [-0.05, 0) is 59.4 Å². The minimum absolute atomic E-state index is 0.233. The van der Waals surface area contributed by atoms with E-state index in [0.717, 1.165) is 38.3 Å². The molecule has 7 rings (SSSR count). The van der Waals surface area contributed by atoms with Crippen molar-refractivity contribution in [1.82, 2.24) is 4.90 Å². The normalized spacial score (nSPS) is 22.8. The zero-order valence-corrected chi connectivity index (χ0v) is 20.6. The zero-order valence-electron chi connectivity index (χ0n) is 20.6. The Morgan fingerprint density at radius 3 is 1.78 bits per heavy atom. The molecule has 4 aliphatic rings. The van der Waals surface area contributed by atoms with E-state index in [1.54, 1.807) is 6.07 Å². The van der Waals surface area contributed by atoms with Crippen LogP contribution in [0.15, 0.2) is 66.7 Å². The van der Waals surface area contributed by atoms with E-state index in [2.05, 4.69) is 5.32 Å². The van der Waals surface area contributed by atoms with Gasteiger partial charge in [0.15, 0.2) is 6.61 Å². The van der Waals surface area contributed by atoms with Gasteiger partial charge in [0, 0.05) is 17.5 Å². The van der Waals surface area contributed by atoms with E-state index in [-0.39, 0.29) is 23.7 Å². The molecule has 3 aliphatic carbocycles. The number of ether oxygens (including phenoxy) is 1. The van der Waals surface area contributed by atoms with Crippen molar-refractivity contribution in [2.75, 3.05) is 18.5 Å². The Morgan fingerprint density at radius 2 is 1.30 bits per heavy atom. The van der Waals surface area contributed by atoms with E-state index in [1.807, 2.05) is 74.5 Å². The van der Waals surface area contributed by atoms with Gasteiger partial charge >= 0.3 is 5.97 Å². The lowest BCUT2D eigenvalue weighted by atomic mass is 9.55. The van der Waals surface area contributed by atoms with Gasteiger partial charge in [-0.2, -0.15) is 0 Å². The molecule has 3 aromatic rings. The van der Waals surface area contributed by atoms with E-state index in [9.17, 15) is 19.2 Å². The Bertz CT molecular complexity index is 1360. The standard InChI is InChI=1S/C30H26N2O5/c1-16-11-12-18(13-17(16)2)31-23(33)15-37-24(34)14-32-29(35)27-25-19-7-3-4-8-20(19)26(28(27)30(32)36)22-10-6-5-9-21(22)25/h3-13,25-28H,14-15H2,1-2H3,(H,31,33)/t25?,26?,27-,28-/m0/s1. The molecule has 0 saturated carbocycles. The number of carbonyl (C=O) groups excluding carboxylic acids is 4. The van der Waals surface area contributed by atoms with Crippen molar-refractivity contribution in [3.05, 3.63) is 100 Å². The summed E-state index contributed by atoms with van der Waals surface area (Å²) in [6.45, 7) is 2.91. The van der Waals surface area contributed by atoms with Crippen molar-refractivity contribution < 1.29 is 23.9 Å². The van der Waals surface area contributed by atoms with Crippen molar-refractivity contribution in [3.8, 4) is 0 Å². The third kappa shape index (κ3) is 3.65. The van der Waals surface area contributed by atoms with Crippen molar-refractivity contribution >= 4 is 29.4 Å². The Labute approximate surface area is 214 Å². The minimum Gasteiger partial charge on any atom is -0.454 e. The predicted molar refractivity (Wildman–Crippen MR) is 136 cm³/mol. The second-order valence-electron chi connectivity index (χ2n) is 10.0. The number of amides is 3. The van der Waals surface area contributed by atoms with E-state index >= 15 is 0 Å². The quantitative estimate of drug-likeness (QED) is 0.432. The molecule has 37 heavy (non-hydrogen) atoms. The maximum Gasteiger partial charge on any atom is 0.326 e. The van der Waals surface area contributed by atoms with Crippen molar-refractivity contribution in [1.29, 1.82) is 0 Å². The molecule has 0 radical (unpaired) electrons. The molecule has 2 atom stereocenters. The van der Waals surface area contributed by atoms with Gasteiger partial charge in [-0.1, -0.05) is 54.6 Å². The Morgan fingerprint density at radius 1 is 0.784 bits per heavy atom. The molecule has 1 N–H and O–H groups in total. The van der Waals surface area contributed by atoms with E-state index in [0.29, 0.717) is 5.69 Å². The van der Waals surface area contributed by atoms with Gasteiger partial charge in [0.1, 0.15) is 6.54 Å². The number of nitrogens with one attached hydrogen (secondary N) is 1. The van der Waals surface area contributed by atoms with Crippen LogP contribution >= 0.6 is 0 Å². The number of carbonyl (C=O) groups is 4. The van der Waals surface area contributed by atoms with Gasteiger partial charge in [0.05, 0.1) is 11.8 Å². The first-order chi connectivity index (χ1) is 17.8. The fraction of sp³-hybridized carbons (Fsp3) is 0.267. The fourth-order valence-corrected chi connectivity index (χ4v) is 6.23. The van der Waals surface area contributed by atoms with Crippen LogP contribution in [0.25, 0.3) is 0 Å². The summed E-state index contributed by atoms with van der Waals surface area (Å²) in [5.74, 6) is -3.57. The molecule has 1 aliphatic heterocycles. The van der Waals surface area contributed by atoms with Gasteiger partial charge < -0.3 is 10.1 Å². The van der Waals surface area contributed by atoms with Crippen LogP contribution in [0.2, 0.25) is 0 Å². The highest BCUT2D eigenvalue weighted by Crippen LogP contribution is 2.60. The van der Waals surface area contributed by atoms with E-state index in [4.69, 9.17) is 4.74 Å². The highest BCUT2D eigenvalue weighted by atomic mass is 16.5. The first kappa shape index (κ1) is 23.2. The molecular formula is C30H26N2O5. The van der Waals surface area contributed by atoms with Gasteiger partial charge in [0.25, 0.3) is 5.91 Å².